The zero-order chi connectivity index (χ0) is 12.1. The van der Waals surface area contributed by atoms with Crippen LogP contribution in [0.5, 0.6) is 11.5 Å². The summed E-state index contributed by atoms with van der Waals surface area (Å²) in [6.07, 6.45) is 2.35. The second kappa shape index (κ2) is 5.80. The van der Waals surface area contributed by atoms with Gasteiger partial charge in [-0.1, -0.05) is 6.07 Å². The fourth-order valence-corrected chi connectivity index (χ4v) is 2.32. The van der Waals surface area contributed by atoms with Crippen LogP contribution in [0.4, 0.5) is 0 Å². The van der Waals surface area contributed by atoms with Crippen molar-refractivity contribution in [2.24, 2.45) is 0 Å². The number of benzene rings is 1. The van der Waals surface area contributed by atoms with Gasteiger partial charge in [0.25, 0.3) is 0 Å². The second-order valence-corrected chi connectivity index (χ2v) is 4.19. The average Bonchev–Trinajstić information content (AvgIpc) is 2.27. The molecule has 4 heteroatoms. The molecule has 88 valence electrons. The Morgan fingerprint density at radius 2 is 2.00 bits per heavy atom. The number of carbonyl (C=O) groups excluding carboxylic acids is 1. The molecule has 1 aromatic carbocycles. The average molecular weight is 240 g/mol. The molecule has 0 amide bonds. The van der Waals surface area contributed by atoms with Crippen molar-refractivity contribution in [1.29, 1.82) is 0 Å². The zero-order valence-corrected chi connectivity index (χ0v) is 10.8. The number of carbonyl (C=O) groups is 1. The van der Waals surface area contributed by atoms with Crippen LogP contribution in [0, 0.1) is 0 Å². The number of Topliss-reactive ketones (excluding diaryl/α,β-unsaturated/α-hetero) is 1. The Kier molecular flexibility index (Phi) is 4.68. The molecular formula is C12H16O3S. The van der Waals surface area contributed by atoms with E-state index in [2.05, 4.69) is 0 Å². The van der Waals surface area contributed by atoms with Gasteiger partial charge >= 0.3 is 0 Å². The van der Waals surface area contributed by atoms with Gasteiger partial charge in [-0.15, -0.1) is 11.8 Å². The summed E-state index contributed by atoms with van der Waals surface area (Å²) in [7, 11) is 3.23. The predicted molar refractivity (Wildman–Crippen MR) is 65.7 cm³/mol. The first-order valence-electron chi connectivity index (χ1n) is 4.91. The lowest BCUT2D eigenvalue weighted by atomic mass is 10.1. The van der Waals surface area contributed by atoms with Crippen LogP contribution >= 0.6 is 11.8 Å². The van der Waals surface area contributed by atoms with Gasteiger partial charge in [0.1, 0.15) is 17.3 Å². The normalized spacial score (nSPS) is 10.0. The minimum Gasteiger partial charge on any atom is -0.495 e. The lowest BCUT2D eigenvalue weighted by Crippen LogP contribution is -2.01. The summed E-state index contributed by atoms with van der Waals surface area (Å²) in [4.78, 5) is 12.1. The molecule has 0 aliphatic rings. The van der Waals surface area contributed by atoms with Crippen LogP contribution in [0.1, 0.15) is 12.5 Å². The highest BCUT2D eigenvalue weighted by molar-refractivity contribution is 7.98. The first kappa shape index (κ1) is 12.9. The van der Waals surface area contributed by atoms with Crippen LogP contribution in [-0.4, -0.2) is 26.3 Å². The number of ether oxygens (including phenoxy) is 2. The van der Waals surface area contributed by atoms with Crippen molar-refractivity contribution >= 4 is 17.5 Å². The van der Waals surface area contributed by atoms with Crippen LogP contribution in [0.15, 0.2) is 17.0 Å². The van der Waals surface area contributed by atoms with Crippen molar-refractivity contribution in [3.63, 3.8) is 0 Å². The van der Waals surface area contributed by atoms with Gasteiger partial charge in [0, 0.05) is 12.0 Å². The molecule has 0 radical (unpaired) electrons. The number of ketones is 1. The van der Waals surface area contributed by atoms with E-state index in [0.29, 0.717) is 6.42 Å². The molecule has 0 spiro atoms. The van der Waals surface area contributed by atoms with E-state index in [4.69, 9.17) is 9.47 Å². The Morgan fingerprint density at radius 1 is 1.31 bits per heavy atom. The molecule has 0 aliphatic heterocycles. The first-order valence-corrected chi connectivity index (χ1v) is 6.13. The number of methoxy groups -OCH3 is 2. The van der Waals surface area contributed by atoms with Crippen molar-refractivity contribution in [1.82, 2.24) is 0 Å². The summed E-state index contributed by atoms with van der Waals surface area (Å²) in [5, 5.41) is 0. The maximum Gasteiger partial charge on any atom is 0.139 e. The number of thioether (sulfide) groups is 1. The molecule has 1 aromatic rings. The molecule has 0 aliphatic carbocycles. The van der Waals surface area contributed by atoms with Crippen molar-refractivity contribution in [3.8, 4) is 11.5 Å². The molecule has 3 nitrogen and oxygen atoms in total. The summed E-state index contributed by atoms with van der Waals surface area (Å²) < 4.78 is 10.6. The zero-order valence-electron chi connectivity index (χ0n) is 9.99. The molecule has 0 N–H and O–H groups in total. The summed E-state index contributed by atoms with van der Waals surface area (Å²) >= 11 is 1.55. The van der Waals surface area contributed by atoms with E-state index < -0.39 is 0 Å². The predicted octanol–water partition coefficient (Wildman–Crippen LogP) is 2.56. The minimum absolute atomic E-state index is 0.121. The van der Waals surface area contributed by atoms with Gasteiger partial charge in [-0.25, -0.2) is 0 Å². The van der Waals surface area contributed by atoms with E-state index in [-0.39, 0.29) is 5.78 Å². The smallest absolute Gasteiger partial charge is 0.139 e. The Labute approximate surface area is 100 Å². The molecule has 0 aromatic heterocycles. The third kappa shape index (κ3) is 2.70. The van der Waals surface area contributed by atoms with Gasteiger partial charge in [-0.2, -0.15) is 0 Å². The maximum atomic E-state index is 11.1. The van der Waals surface area contributed by atoms with Gasteiger partial charge in [0.05, 0.1) is 19.1 Å². The van der Waals surface area contributed by atoms with Gasteiger partial charge in [0.2, 0.25) is 0 Å². The standard InChI is InChI=1S/C12H16O3S/c1-8(13)7-9-5-6-10(14-2)12(16-4)11(9)15-3/h5-6H,7H2,1-4H3. The first-order chi connectivity index (χ1) is 7.63. The SMILES string of the molecule is COc1ccc(CC(C)=O)c(OC)c1SC. The van der Waals surface area contributed by atoms with Crippen molar-refractivity contribution in [2.45, 2.75) is 18.2 Å². The summed E-state index contributed by atoms with van der Waals surface area (Å²) in [5.74, 6) is 1.63. The molecular weight excluding hydrogens is 224 g/mol. The lowest BCUT2D eigenvalue weighted by molar-refractivity contribution is -0.116. The number of rotatable bonds is 5. The molecule has 0 unspecified atom stereocenters. The number of hydrogen-bond acceptors (Lipinski definition) is 4. The minimum atomic E-state index is 0.121. The maximum absolute atomic E-state index is 11.1. The molecule has 0 bridgehead atoms. The third-order valence-electron chi connectivity index (χ3n) is 2.23. The monoisotopic (exact) mass is 240 g/mol. The lowest BCUT2D eigenvalue weighted by Gasteiger charge is -2.14. The van der Waals surface area contributed by atoms with E-state index in [1.54, 1.807) is 32.9 Å². The van der Waals surface area contributed by atoms with Gasteiger partial charge in [-0.3, -0.25) is 4.79 Å². The molecule has 1 rings (SSSR count). The Morgan fingerprint density at radius 3 is 2.44 bits per heavy atom. The largest absolute Gasteiger partial charge is 0.495 e. The van der Waals surface area contributed by atoms with Crippen LogP contribution in [0.25, 0.3) is 0 Å². The topological polar surface area (TPSA) is 35.5 Å². The highest BCUT2D eigenvalue weighted by Gasteiger charge is 2.14. The van der Waals surface area contributed by atoms with Gasteiger partial charge < -0.3 is 9.47 Å². The second-order valence-electron chi connectivity index (χ2n) is 3.37. The van der Waals surface area contributed by atoms with Gasteiger partial charge in [-0.05, 0) is 19.2 Å². The van der Waals surface area contributed by atoms with E-state index in [0.717, 1.165) is 22.0 Å². The molecule has 0 atom stereocenters. The fourth-order valence-electron chi connectivity index (χ4n) is 1.57. The van der Waals surface area contributed by atoms with Crippen molar-refractivity contribution in [3.05, 3.63) is 17.7 Å². The Hall–Kier alpha value is -1.16. The van der Waals surface area contributed by atoms with Crippen LogP contribution in [0.3, 0.4) is 0 Å². The van der Waals surface area contributed by atoms with E-state index >= 15 is 0 Å². The molecule has 0 saturated heterocycles. The van der Waals surface area contributed by atoms with Crippen molar-refractivity contribution < 1.29 is 14.3 Å². The third-order valence-corrected chi connectivity index (χ3v) is 3.02. The van der Waals surface area contributed by atoms with Gasteiger partial charge in [0.15, 0.2) is 0 Å². The van der Waals surface area contributed by atoms with Crippen LogP contribution < -0.4 is 9.47 Å². The highest BCUT2D eigenvalue weighted by atomic mass is 32.2. The van der Waals surface area contributed by atoms with E-state index in [1.165, 1.54) is 0 Å². The van der Waals surface area contributed by atoms with Crippen molar-refractivity contribution in [2.75, 3.05) is 20.5 Å². The Bertz CT molecular complexity index is 388. The Balaban J connectivity index is 3.25. The summed E-state index contributed by atoms with van der Waals surface area (Å²) in [6, 6.07) is 3.74. The molecule has 0 heterocycles. The quantitative estimate of drug-likeness (QED) is 0.741. The van der Waals surface area contributed by atoms with Crippen LogP contribution in [-0.2, 0) is 11.2 Å². The summed E-state index contributed by atoms with van der Waals surface area (Å²) in [6.45, 7) is 1.57. The van der Waals surface area contributed by atoms with E-state index in [1.807, 2.05) is 18.4 Å². The summed E-state index contributed by atoms with van der Waals surface area (Å²) in [5.41, 5.74) is 0.903. The number of hydrogen-bond donors (Lipinski definition) is 0. The highest BCUT2D eigenvalue weighted by Crippen LogP contribution is 2.39. The van der Waals surface area contributed by atoms with Crippen LogP contribution in [0.2, 0.25) is 0 Å². The molecule has 16 heavy (non-hydrogen) atoms. The van der Waals surface area contributed by atoms with E-state index in [9.17, 15) is 4.79 Å². The fraction of sp³-hybridized carbons (Fsp3) is 0.417. The molecule has 0 fully saturated rings. The molecule has 0 saturated carbocycles.